The lowest BCUT2D eigenvalue weighted by Gasteiger charge is -2.40. The fraction of sp³-hybridized carbons (Fsp3) is 0.345. The van der Waals surface area contributed by atoms with Gasteiger partial charge in [-0.05, 0) is 67.9 Å². The van der Waals surface area contributed by atoms with Crippen molar-refractivity contribution in [2.24, 2.45) is 5.92 Å². The van der Waals surface area contributed by atoms with E-state index in [2.05, 4.69) is 17.2 Å². The Hall–Kier alpha value is -3.92. The number of carbonyl (C=O) groups excluding carboxylic acids is 3. The second-order valence-corrected chi connectivity index (χ2v) is 9.19. The van der Waals surface area contributed by atoms with Crippen molar-refractivity contribution in [3.8, 4) is 11.8 Å². The van der Waals surface area contributed by atoms with E-state index in [1.54, 1.807) is 30.0 Å². The summed E-state index contributed by atoms with van der Waals surface area (Å²) < 4.78 is 13.4. The number of halogens is 1. The standard InChI is InChI=1S/C29H30FN3O3/c1-2-3-18-33-27(35)29(31-28(33)36,17-14-22-8-5-4-6-9-22)24-15-19-32(20-16-24)26(34)13-12-23-10-7-11-25(30)21-23/h4-13,21,24H,14-20H2,1H3,(H,31,36)/b13-12+/t29-/m1/s1. The van der Waals surface area contributed by atoms with E-state index in [9.17, 15) is 18.8 Å². The molecule has 2 saturated heterocycles. The van der Waals surface area contributed by atoms with Crippen molar-refractivity contribution in [1.82, 2.24) is 15.1 Å². The van der Waals surface area contributed by atoms with Crippen LogP contribution in [0.2, 0.25) is 0 Å². The first-order valence-electron chi connectivity index (χ1n) is 12.2. The molecule has 36 heavy (non-hydrogen) atoms. The van der Waals surface area contributed by atoms with E-state index < -0.39 is 11.6 Å². The van der Waals surface area contributed by atoms with Gasteiger partial charge >= 0.3 is 6.03 Å². The maximum atomic E-state index is 13.6. The molecular weight excluding hydrogens is 457 g/mol. The van der Waals surface area contributed by atoms with Crippen LogP contribution in [0.25, 0.3) is 6.08 Å². The zero-order valence-electron chi connectivity index (χ0n) is 20.4. The Balaban J connectivity index is 1.47. The van der Waals surface area contributed by atoms with Crippen molar-refractivity contribution in [2.45, 2.75) is 38.1 Å². The summed E-state index contributed by atoms with van der Waals surface area (Å²) >= 11 is 0. The fourth-order valence-corrected chi connectivity index (χ4v) is 5.06. The average molecular weight is 488 g/mol. The molecule has 2 aromatic carbocycles. The predicted octanol–water partition coefficient (Wildman–Crippen LogP) is 4.02. The molecular formula is C29H30FN3O3. The highest BCUT2D eigenvalue weighted by Crippen LogP contribution is 2.37. The molecule has 1 atom stereocenters. The van der Waals surface area contributed by atoms with Crippen LogP contribution in [0.1, 0.15) is 37.3 Å². The van der Waals surface area contributed by atoms with Crippen molar-refractivity contribution in [1.29, 1.82) is 0 Å². The van der Waals surface area contributed by atoms with Gasteiger partial charge in [0, 0.05) is 19.2 Å². The number of hydrogen-bond donors (Lipinski definition) is 1. The molecule has 0 unspecified atom stereocenters. The van der Waals surface area contributed by atoms with Gasteiger partial charge in [0.1, 0.15) is 11.4 Å². The lowest BCUT2D eigenvalue weighted by Crippen LogP contribution is -2.56. The minimum absolute atomic E-state index is 0.0659. The highest BCUT2D eigenvalue weighted by molar-refractivity contribution is 6.07. The molecule has 186 valence electrons. The number of hydrogen-bond acceptors (Lipinski definition) is 3. The SMILES string of the molecule is CC#CCN1C(=O)N[C@](CCc2ccccc2)(C2CCN(C(=O)/C=C/c3cccc(F)c3)CC2)C1=O. The van der Waals surface area contributed by atoms with Crippen LogP contribution in [-0.4, -0.2) is 52.8 Å². The minimum atomic E-state index is -1.02. The molecule has 6 nitrogen and oxygen atoms in total. The number of likely N-dealkylation sites (tertiary alicyclic amines) is 1. The van der Waals surface area contributed by atoms with E-state index in [1.165, 1.54) is 23.1 Å². The number of aryl methyl sites for hydroxylation is 1. The molecule has 7 heteroatoms. The van der Waals surface area contributed by atoms with Gasteiger partial charge in [-0.3, -0.25) is 14.5 Å². The lowest BCUT2D eigenvalue weighted by molar-refractivity contribution is -0.134. The van der Waals surface area contributed by atoms with Gasteiger partial charge in [0.15, 0.2) is 0 Å². The molecule has 2 aliphatic heterocycles. The first-order chi connectivity index (χ1) is 17.4. The average Bonchev–Trinajstić information content (AvgIpc) is 3.15. The van der Waals surface area contributed by atoms with Crippen LogP contribution in [0.4, 0.5) is 9.18 Å². The molecule has 0 saturated carbocycles. The number of rotatable bonds is 7. The summed E-state index contributed by atoms with van der Waals surface area (Å²) in [6.45, 7) is 2.69. The highest BCUT2D eigenvalue weighted by atomic mass is 19.1. The molecule has 0 spiro atoms. The molecule has 4 amide bonds. The van der Waals surface area contributed by atoms with E-state index >= 15 is 0 Å². The second-order valence-electron chi connectivity index (χ2n) is 9.19. The van der Waals surface area contributed by atoms with Crippen molar-refractivity contribution < 1.29 is 18.8 Å². The molecule has 0 aliphatic carbocycles. The van der Waals surface area contributed by atoms with Crippen LogP contribution in [-0.2, 0) is 16.0 Å². The summed E-state index contributed by atoms with van der Waals surface area (Å²) in [7, 11) is 0. The summed E-state index contributed by atoms with van der Waals surface area (Å²) in [5.41, 5.74) is 0.697. The second kappa shape index (κ2) is 11.2. The number of imide groups is 1. The molecule has 2 aromatic rings. The van der Waals surface area contributed by atoms with Gasteiger partial charge < -0.3 is 10.2 Å². The van der Waals surface area contributed by atoms with Crippen LogP contribution in [0.5, 0.6) is 0 Å². The Labute approximate surface area is 211 Å². The predicted molar refractivity (Wildman–Crippen MR) is 136 cm³/mol. The van der Waals surface area contributed by atoms with Gasteiger partial charge in [0.05, 0.1) is 6.54 Å². The van der Waals surface area contributed by atoms with Gasteiger partial charge in [-0.25, -0.2) is 9.18 Å². The number of nitrogens with zero attached hydrogens (tertiary/aromatic N) is 2. The van der Waals surface area contributed by atoms with Crippen LogP contribution >= 0.6 is 0 Å². The summed E-state index contributed by atoms with van der Waals surface area (Å²) in [5, 5.41) is 3.03. The van der Waals surface area contributed by atoms with Gasteiger partial charge in [0.2, 0.25) is 5.91 Å². The first-order valence-corrected chi connectivity index (χ1v) is 12.2. The van der Waals surface area contributed by atoms with Gasteiger partial charge in [-0.2, -0.15) is 0 Å². The summed E-state index contributed by atoms with van der Waals surface area (Å²) in [5.74, 6) is 4.73. The van der Waals surface area contributed by atoms with Crippen molar-refractivity contribution >= 4 is 23.9 Å². The monoisotopic (exact) mass is 487 g/mol. The zero-order chi connectivity index (χ0) is 25.5. The number of urea groups is 1. The Morgan fingerprint density at radius 2 is 1.89 bits per heavy atom. The third-order valence-corrected chi connectivity index (χ3v) is 7.04. The number of benzene rings is 2. The molecule has 2 heterocycles. The Kier molecular flexibility index (Phi) is 7.84. The number of nitrogens with one attached hydrogen (secondary N) is 1. The molecule has 0 radical (unpaired) electrons. The molecule has 1 N–H and O–H groups in total. The van der Waals surface area contributed by atoms with Crippen molar-refractivity contribution in [3.63, 3.8) is 0 Å². The van der Waals surface area contributed by atoms with E-state index in [1.807, 2.05) is 30.3 Å². The quantitative estimate of drug-likeness (QED) is 0.364. The summed E-state index contributed by atoms with van der Waals surface area (Å²) in [6, 6.07) is 15.6. The molecule has 0 aromatic heterocycles. The van der Waals surface area contributed by atoms with Gasteiger partial charge in [-0.1, -0.05) is 48.4 Å². The van der Waals surface area contributed by atoms with Crippen LogP contribution in [0, 0.1) is 23.6 Å². The van der Waals surface area contributed by atoms with Crippen LogP contribution in [0.3, 0.4) is 0 Å². The van der Waals surface area contributed by atoms with E-state index in [-0.39, 0.29) is 30.1 Å². The van der Waals surface area contributed by atoms with Crippen molar-refractivity contribution in [3.05, 3.63) is 77.6 Å². The minimum Gasteiger partial charge on any atom is -0.339 e. The number of carbonyl (C=O) groups is 3. The highest BCUT2D eigenvalue weighted by Gasteiger charge is 2.55. The molecule has 4 rings (SSSR count). The maximum absolute atomic E-state index is 13.6. The zero-order valence-corrected chi connectivity index (χ0v) is 20.4. The largest absolute Gasteiger partial charge is 0.339 e. The topological polar surface area (TPSA) is 69.7 Å². The molecule has 2 aliphatic rings. The molecule has 0 bridgehead atoms. The third kappa shape index (κ3) is 5.49. The van der Waals surface area contributed by atoms with Crippen LogP contribution in [0.15, 0.2) is 60.7 Å². The number of piperidine rings is 1. The first kappa shape index (κ1) is 25.2. The van der Waals surface area contributed by atoms with E-state index in [0.29, 0.717) is 44.3 Å². The lowest BCUT2D eigenvalue weighted by atomic mass is 9.74. The Bertz CT molecular complexity index is 1210. The smallest absolute Gasteiger partial charge is 0.325 e. The molecule has 2 fully saturated rings. The van der Waals surface area contributed by atoms with Crippen molar-refractivity contribution in [2.75, 3.05) is 19.6 Å². The fourth-order valence-electron chi connectivity index (χ4n) is 5.06. The summed E-state index contributed by atoms with van der Waals surface area (Å²) in [4.78, 5) is 42.1. The summed E-state index contributed by atoms with van der Waals surface area (Å²) in [6.07, 6.45) is 5.37. The Morgan fingerprint density at radius 1 is 1.14 bits per heavy atom. The normalized spacial score (nSPS) is 20.4. The van der Waals surface area contributed by atoms with Gasteiger partial charge in [0.25, 0.3) is 5.91 Å². The van der Waals surface area contributed by atoms with E-state index in [0.717, 1.165) is 5.56 Å². The maximum Gasteiger partial charge on any atom is 0.325 e. The van der Waals surface area contributed by atoms with E-state index in [4.69, 9.17) is 0 Å². The third-order valence-electron chi connectivity index (χ3n) is 7.04. The van der Waals surface area contributed by atoms with Crippen LogP contribution < -0.4 is 5.32 Å². The van der Waals surface area contributed by atoms with Gasteiger partial charge in [-0.15, -0.1) is 5.92 Å². The Morgan fingerprint density at radius 3 is 2.58 bits per heavy atom. The number of amides is 4.